The molecule has 0 aliphatic carbocycles. The van der Waals surface area contributed by atoms with Crippen molar-refractivity contribution in [1.82, 2.24) is 9.97 Å². The molecule has 0 bridgehead atoms. The van der Waals surface area contributed by atoms with Gasteiger partial charge >= 0.3 is 0 Å². The Balaban J connectivity index is 1.67. The Hall–Kier alpha value is -2.57. The van der Waals surface area contributed by atoms with Gasteiger partial charge in [0.1, 0.15) is 5.82 Å². The molecule has 29 heavy (non-hydrogen) atoms. The zero-order valence-electron chi connectivity index (χ0n) is 16.1. The van der Waals surface area contributed by atoms with Crippen LogP contribution in [-0.2, 0) is 10.5 Å². The molecule has 0 spiro atoms. The molecule has 1 amide bonds. The van der Waals surface area contributed by atoms with Crippen LogP contribution in [0.3, 0.4) is 0 Å². The second-order valence-corrected chi connectivity index (χ2v) is 8.62. The Morgan fingerprint density at radius 1 is 1.17 bits per heavy atom. The van der Waals surface area contributed by atoms with Gasteiger partial charge in [0.15, 0.2) is 5.16 Å². The summed E-state index contributed by atoms with van der Waals surface area (Å²) in [5.41, 5.74) is 4.52. The maximum Gasteiger partial charge on any atom is 0.257 e. The van der Waals surface area contributed by atoms with E-state index in [1.807, 2.05) is 50.2 Å². The molecule has 3 aromatic rings. The van der Waals surface area contributed by atoms with E-state index >= 15 is 0 Å². The topological polar surface area (TPSA) is 74.8 Å². The second kappa shape index (κ2) is 8.05. The number of nitrogens with zero attached hydrogens (tertiary/aromatic N) is 1. The van der Waals surface area contributed by atoms with Crippen molar-refractivity contribution in [3.8, 4) is 0 Å². The van der Waals surface area contributed by atoms with Gasteiger partial charge in [-0.15, -0.1) is 0 Å². The first kappa shape index (κ1) is 19.7. The molecule has 5 nitrogen and oxygen atoms in total. The number of halogens is 1. The molecule has 2 N–H and O–H groups in total. The van der Waals surface area contributed by atoms with Crippen molar-refractivity contribution in [2.45, 2.75) is 37.1 Å². The van der Waals surface area contributed by atoms with Gasteiger partial charge in [0.25, 0.3) is 5.56 Å². The van der Waals surface area contributed by atoms with E-state index in [1.54, 1.807) is 0 Å². The molecule has 2 heterocycles. The quantitative estimate of drug-likeness (QED) is 0.464. The summed E-state index contributed by atoms with van der Waals surface area (Å²) < 4.78 is 0. The number of aryl methyl sites for hydroxylation is 2. The molecule has 148 valence electrons. The number of hydrogen-bond acceptors (Lipinski definition) is 4. The standard InChI is InChI=1S/C22H20ClN3O2S/c1-12-6-7-16(13(2)8-12)17-10-18(27)24-20-19(17)21(28)26-22(25-20)29-11-14-4-3-5-15(23)9-14/h3-9,17H,10-11H2,1-2H3,(H2,24,25,26,27,28). The first-order valence-corrected chi connectivity index (χ1v) is 10.7. The third kappa shape index (κ3) is 4.23. The van der Waals surface area contributed by atoms with Crippen molar-refractivity contribution >= 4 is 35.1 Å². The number of nitrogens with one attached hydrogen (secondary N) is 2. The first-order chi connectivity index (χ1) is 13.9. The molecule has 1 unspecified atom stereocenters. The number of carbonyl (C=O) groups excluding carboxylic acids is 1. The van der Waals surface area contributed by atoms with Crippen LogP contribution in [0.25, 0.3) is 0 Å². The molecular formula is C22H20ClN3O2S. The van der Waals surface area contributed by atoms with Crippen molar-refractivity contribution in [3.63, 3.8) is 0 Å². The Kier molecular flexibility index (Phi) is 5.48. The number of anilines is 1. The van der Waals surface area contributed by atoms with Crippen molar-refractivity contribution in [2.24, 2.45) is 0 Å². The fourth-order valence-electron chi connectivity index (χ4n) is 3.68. The lowest BCUT2D eigenvalue weighted by Crippen LogP contribution is -2.31. The van der Waals surface area contributed by atoms with Crippen LogP contribution in [0.15, 0.2) is 52.4 Å². The number of fused-ring (bicyclic) bond motifs is 1. The van der Waals surface area contributed by atoms with Gasteiger partial charge < -0.3 is 10.3 Å². The summed E-state index contributed by atoms with van der Waals surface area (Å²) >= 11 is 7.43. The van der Waals surface area contributed by atoms with E-state index in [1.165, 1.54) is 11.8 Å². The number of amides is 1. The lowest BCUT2D eigenvalue weighted by Gasteiger charge is -2.25. The van der Waals surface area contributed by atoms with Gasteiger partial charge in [-0.2, -0.15) is 0 Å². The van der Waals surface area contributed by atoms with Crippen LogP contribution < -0.4 is 10.9 Å². The summed E-state index contributed by atoms with van der Waals surface area (Å²) in [6.45, 7) is 4.03. The number of H-pyrrole nitrogens is 1. The van der Waals surface area contributed by atoms with Crippen molar-refractivity contribution in [3.05, 3.63) is 85.7 Å². The Labute approximate surface area is 177 Å². The number of rotatable bonds is 4. The average molecular weight is 426 g/mol. The van der Waals surface area contributed by atoms with Crippen LogP contribution in [0.4, 0.5) is 5.82 Å². The molecule has 0 radical (unpaired) electrons. The summed E-state index contributed by atoms with van der Waals surface area (Å²) in [7, 11) is 0. The van der Waals surface area contributed by atoms with E-state index in [4.69, 9.17) is 11.6 Å². The van der Waals surface area contributed by atoms with Gasteiger partial charge in [0.2, 0.25) is 5.91 Å². The second-order valence-electron chi connectivity index (χ2n) is 7.22. The fourth-order valence-corrected chi connectivity index (χ4v) is 4.70. The zero-order chi connectivity index (χ0) is 20.5. The largest absolute Gasteiger partial charge is 0.310 e. The highest BCUT2D eigenvalue weighted by Gasteiger charge is 2.31. The number of aromatic nitrogens is 2. The average Bonchev–Trinajstić information content (AvgIpc) is 2.65. The minimum Gasteiger partial charge on any atom is -0.310 e. The van der Waals surface area contributed by atoms with Gasteiger partial charge in [-0.3, -0.25) is 9.59 Å². The van der Waals surface area contributed by atoms with E-state index in [0.29, 0.717) is 27.3 Å². The fraction of sp³-hybridized carbons (Fsp3) is 0.227. The van der Waals surface area contributed by atoms with Crippen molar-refractivity contribution < 1.29 is 4.79 Å². The number of carbonyl (C=O) groups is 1. The minimum absolute atomic E-state index is 0.133. The monoisotopic (exact) mass is 425 g/mol. The molecule has 0 saturated heterocycles. The highest BCUT2D eigenvalue weighted by molar-refractivity contribution is 7.98. The molecule has 0 fully saturated rings. The van der Waals surface area contributed by atoms with E-state index in [0.717, 1.165) is 22.3 Å². The van der Waals surface area contributed by atoms with Gasteiger partial charge in [-0.05, 0) is 42.7 Å². The number of aromatic amines is 1. The summed E-state index contributed by atoms with van der Waals surface area (Å²) in [6, 6.07) is 13.6. The third-order valence-electron chi connectivity index (χ3n) is 4.99. The lowest BCUT2D eigenvalue weighted by molar-refractivity contribution is -0.116. The Morgan fingerprint density at radius 2 is 2.00 bits per heavy atom. The van der Waals surface area contributed by atoms with Gasteiger partial charge in [-0.1, -0.05) is 59.3 Å². The molecule has 7 heteroatoms. The van der Waals surface area contributed by atoms with E-state index in [9.17, 15) is 9.59 Å². The summed E-state index contributed by atoms with van der Waals surface area (Å²) in [5.74, 6) is 0.522. The van der Waals surface area contributed by atoms with E-state index < -0.39 is 0 Å². The number of thioether (sulfide) groups is 1. The predicted molar refractivity (Wildman–Crippen MR) is 117 cm³/mol. The summed E-state index contributed by atoms with van der Waals surface area (Å²) in [4.78, 5) is 32.7. The SMILES string of the molecule is Cc1ccc(C2CC(=O)Nc3nc(SCc4cccc(Cl)c4)[nH]c(=O)c32)c(C)c1. The highest BCUT2D eigenvalue weighted by atomic mass is 35.5. The number of hydrogen-bond donors (Lipinski definition) is 2. The Morgan fingerprint density at radius 3 is 2.76 bits per heavy atom. The third-order valence-corrected chi connectivity index (χ3v) is 6.17. The van der Waals surface area contributed by atoms with Gasteiger partial charge in [0, 0.05) is 23.1 Å². The normalized spacial score (nSPS) is 15.7. The highest BCUT2D eigenvalue weighted by Crippen LogP contribution is 2.36. The molecule has 1 aliphatic heterocycles. The van der Waals surface area contributed by atoms with Crippen LogP contribution in [0.2, 0.25) is 5.02 Å². The van der Waals surface area contributed by atoms with Crippen LogP contribution in [0.1, 0.15) is 40.2 Å². The lowest BCUT2D eigenvalue weighted by atomic mass is 9.84. The minimum atomic E-state index is -0.303. The first-order valence-electron chi connectivity index (χ1n) is 9.29. The maximum atomic E-state index is 12.9. The molecule has 4 rings (SSSR count). The van der Waals surface area contributed by atoms with Crippen LogP contribution >= 0.6 is 23.4 Å². The van der Waals surface area contributed by atoms with Gasteiger partial charge in [0.05, 0.1) is 5.56 Å². The summed E-state index contributed by atoms with van der Waals surface area (Å²) in [5, 5.41) is 3.91. The summed E-state index contributed by atoms with van der Waals surface area (Å²) in [6.07, 6.45) is 0.233. The molecule has 1 aliphatic rings. The smallest absolute Gasteiger partial charge is 0.257 e. The van der Waals surface area contributed by atoms with Crippen molar-refractivity contribution in [2.75, 3.05) is 5.32 Å². The van der Waals surface area contributed by atoms with Gasteiger partial charge in [-0.25, -0.2) is 4.98 Å². The molecule has 1 atom stereocenters. The van der Waals surface area contributed by atoms with Crippen LogP contribution in [0.5, 0.6) is 0 Å². The zero-order valence-corrected chi connectivity index (χ0v) is 17.7. The molecule has 0 saturated carbocycles. The van der Waals surface area contributed by atoms with E-state index in [-0.39, 0.29) is 23.8 Å². The van der Waals surface area contributed by atoms with Crippen LogP contribution in [0, 0.1) is 13.8 Å². The number of benzene rings is 2. The molecule has 2 aromatic carbocycles. The molecular weight excluding hydrogens is 406 g/mol. The Bertz CT molecular complexity index is 1160. The van der Waals surface area contributed by atoms with Crippen molar-refractivity contribution in [1.29, 1.82) is 0 Å². The molecule has 1 aromatic heterocycles. The van der Waals surface area contributed by atoms with Crippen LogP contribution in [-0.4, -0.2) is 15.9 Å². The van der Waals surface area contributed by atoms with E-state index in [2.05, 4.69) is 21.4 Å². The predicted octanol–water partition coefficient (Wildman–Crippen LogP) is 4.81. The maximum absolute atomic E-state index is 12.9.